The van der Waals surface area contributed by atoms with E-state index in [0.717, 1.165) is 4.90 Å². The van der Waals surface area contributed by atoms with Crippen LogP contribution >= 0.6 is 0 Å². The predicted molar refractivity (Wildman–Crippen MR) is 72.4 cm³/mol. The smallest absolute Gasteiger partial charge is 0.325 e. The Hall–Kier alpha value is -1.98. The number of halogens is 2. The zero-order valence-electron chi connectivity index (χ0n) is 12.2. The Kier molecular flexibility index (Phi) is 4.25. The van der Waals surface area contributed by atoms with Gasteiger partial charge in [0.15, 0.2) is 0 Å². The van der Waals surface area contributed by atoms with Gasteiger partial charge in [0.05, 0.1) is 7.11 Å². The predicted octanol–water partition coefficient (Wildman–Crippen LogP) is 2.20. The van der Waals surface area contributed by atoms with Crippen LogP contribution in [0.1, 0.15) is 33.8 Å². The van der Waals surface area contributed by atoms with Crippen molar-refractivity contribution in [1.82, 2.24) is 4.90 Å². The lowest BCUT2D eigenvalue weighted by molar-refractivity contribution is -0.141. The van der Waals surface area contributed by atoms with Crippen LogP contribution in [0.2, 0.25) is 0 Å². The van der Waals surface area contributed by atoms with Gasteiger partial charge in [-0.25, -0.2) is 8.78 Å². The molecule has 1 unspecified atom stereocenters. The van der Waals surface area contributed by atoms with Crippen molar-refractivity contribution in [2.24, 2.45) is 0 Å². The molecule has 1 aromatic carbocycles. The van der Waals surface area contributed by atoms with Crippen LogP contribution in [0.15, 0.2) is 12.1 Å². The lowest BCUT2D eigenvalue weighted by atomic mass is 9.98. The Morgan fingerprint density at radius 2 is 2.05 bits per heavy atom. The first kappa shape index (κ1) is 15.4. The molecule has 2 rings (SSSR count). The molecule has 1 saturated carbocycles. The van der Waals surface area contributed by atoms with Gasteiger partial charge in [0.1, 0.15) is 18.5 Å². The van der Waals surface area contributed by atoms with Crippen LogP contribution in [0.5, 0.6) is 0 Å². The second-order valence-electron chi connectivity index (χ2n) is 5.25. The van der Waals surface area contributed by atoms with Crippen molar-refractivity contribution in [2.75, 3.05) is 20.7 Å². The summed E-state index contributed by atoms with van der Waals surface area (Å²) >= 11 is 0. The number of amides is 1. The van der Waals surface area contributed by atoms with E-state index in [1.807, 2.05) is 0 Å². The van der Waals surface area contributed by atoms with Crippen molar-refractivity contribution in [1.29, 1.82) is 0 Å². The molecular weight excluding hydrogens is 280 g/mol. The Balaban J connectivity index is 2.33. The van der Waals surface area contributed by atoms with Crippen molar-refractivity contribution >= 4 is 11.9 Å². The van der Waals surface area contributed by atoms with E-state index in [1.165, 1.54) is 26.3 Å². The van der Waals surface area contributed by atoms with Gasteiger partial charge in [0.2, 0.25) is 0 Å². The van der Waals surface area contributed by atoms with Crippen LogP contribution in [-0.4, -0.2) is 43.7 Å². The number of likely N-dealkylation sites (N-methyl/N-ethyl adjacent to an activating group) is 1. The average Bonchev–Trinajstić information content (AvgIpc) is 3.17. The van der Waals surface area contributed by atoms with Gasteiger partial charge in [-0.3, -0.25) is 9.59 Å². The molecule has 0 radical (unpaired) electrons. The van der Waals surface area contributed by atoms with E-state index in [9.17, 15) is 18.4 Å². The van der Waals surface area contributed by atoms with Crippen molar-refractivity contribution < 1.29 is 23.1 Å². The Morgan fingerprint density at radius 3 is 2.57 bits per heavy atom. The number of carbonyl (C=O) groups excluding carboxylic acids is 2. The number of hydrogen-bond acceptors (Lipinski definition) is 3. The lowest BCUT2D eigenvalue weighted by Gasteiger charge is -2.18. The third-order valence-electron chi connectivity index (χ3n) is 3.63. The quantitative estimate of drug-likeness (QED) is 0.800. The SMILES string of the molecule is COC(=O)CN(C)C(=O)c1ccc(C)c(F)c1[C@@H]1CC1F. The monoisotopic (exact) mass is 297 g/mol. The Morgan fingerprint density at radius 1 is 1.43 bits per heavy atom. The zero-order chi connectivity index (χ0) is 15.7. The topological polar surface area (TPSA) is 46.6 Å². The maximum Gasteiger partial charge on any atom is 0.325 e. The lowest BCUT2D eigenvalue weighted by Crippen LogP contribution is -2.33. The first-order chi connectivity index (χ1) is 9.86. The summed E-state index contributed by atoms with van der Waals surface area (Å²) in [5, 5.41) is 0. The summed E-state index contributed by atoms with van der Waals surface area (Å²) in [6.45, 7) is 1.33. The van der Waals surface area contributed by atoms with Gasteiger partial charge in [-0.05, 0) is 25.0 Å². The maximum absolute atomic E-state index is 14.2. The van der Waals surface area contributed by atoms with Crippen molar-refractivity contribution in [3.63, 3.8) is 0 Å². The number of rotatable bonds is 4. The van der Waals surface area contributed by atoms with Crippen molar-refractivity contribution in [2.45, 2.75) is 25.4 Å². The van der Waals surface area contributed by atoms with Gasteiger partial charge in [0, 0.05) is 24.1 Å². The minimum absolute atomic E-state index is 0.106. The molecule has 0 spiro atoms. The highest BCUT2D eigenvalue weighted by atomic mass is 19.1. The Labute approximate surface area is 121 Å². The van der Waals surface area contributed by atoms with E-state index in [1.54, 1.807) is 6.92 Å². The summed E-state index contributed by atoms with van der Waals surface area (Å²) < 4.78 is 32.1. The maximum atomic E-state index is 14.2. The fraction of sp³-hybridized carbons (Fsp3) is 0.467. The molecule has 1 aromatic rings. The molecule has 1 aliphatic carbocycles. The Bertz CT molecular complexity index is 589. The van der Waals surface area contributed by atoms with Gasteiger partial charge in [0.25, 0.3) is 5.91 Å². The minimum atomic E-state index is -1.11. The number of carbonyl (C=O) groups is 2. The molecule has 114 valence electrons. The molecule has 0 bridgehead atoms. The molecule has 6 heteroatoms. The highest BCUT2D eigenvalue weighted by Crippen LogP contribution is 2.46. The number of ether oxygens (including phenoxy) is 1. The van der Waals surface area contributed by atoms with E-state index >= 15 is 0 Å². The molecule has 0 heterocycles. The summed E-state index contributed by atoms with van der Waals surface area (Å²) in [4.78, 5) is 24.7. The van der Waals surface area contributed by atoms with Gasteiger partial charge in [-0.1, -0.05) is 6.07 Å². The average molecular weight is 297 g/mol. The molecule has 0 saturated heterocycles. The van der Waals surface area contributed by atoms with Gasteiger partial charge >= 0.3 is 5.97 Å². The fourth-order valence-electron chi connectivity index (χ4n) is 2.25. The molecule has 0 aromatic heterocycles. The van der Waals surface area contributed by atoms with Crippen LogP contribution in [0.4, 0.5) is 8.78 Å². The number of nitrogens with zero attached hydrogens (tertiary/aromatic N) is 1. The van der Waals surface area contributed by atoms with E-state index in [4.69, 9.17) is 0 Å². The molecule has 0 N–H and O–H groups in total. The second-order valence-corrected chi connectivity index (χ2v) is 5.25. The summed E-state index contributed by atoms with van der Waals surface area (Å²) in [7, 11) is 2.64. The molecule has 1 amide bonds. The number of benzene rings is 1. The van der Waals surface area contributed by atoms with Crippen LogP contribution in [0.3, 0.4) is 0 Å². The fourth-order valence-corrected chi connectivity index (χ4v) is 2.25. The number of methoxy groups -OCH3 is 1. The van der Waals surface area contributed by atoms with Crippen LogP contribution in [0.25, 0.3) is 0 Å². The van der Waals surface area contributed by atoms with Crippen molar-refractivity contribution in [3.8, 4) is 0 Å². The van der Waals surface area contributed by atoms with E-state index in [-0.39, 0.29) is 24.1 Å². The molecule has 1 fully saturated rings. The van der Waals surface area contributed by atoms with E-state index in [0.29, 0.717) is 5.56 Å². The number of hydrogen-bond donors (Lipinski definition) is 0. The third kappa shape index (κ3) is 3.04. The van der Waals surface area contributed by atoms with E-state index < -0.39 is 29.8 Å². The summed E-state index contributed by atoms with van der Waals surface area (Å²) in [6, 6.07) is 2.96. The molecular formula is C15H17F2NO3. The van der Waals surface area contributed by atoms with Gasteiger partial charge in [-0.2, -0.15) is 0 Å². The summed E-state index contributed by atoms with van der Waals surface area (Å²) in [6.07, 6.45) is -0.889. The van der Waals surface area contributed by atoms with Crippen LogP contribution in [0, 0.1) is 12.7 Å². The summed E-state index contributed by atoms with van der Waals surface area (Å²) in [5.74, 6) is -2.21. The number of aryl methyl sites for hydroxylation is 1. The molecule has 1 aliphatic rings. The summed E-state index contributed by atoms with van der Waals surface area (Å²) in [5.41, 5.74) is 0.593. The first-order valence-electron chi connectivity index (χ1n) is 6.62. The molecule has 4 nitrogen and oxygen atoms in total. The molecule has 2 atom stereocenters. The first-order valence-corrected chi connectivity index (χ1v) is 6.62. The van der Waals surface area contributed by atoms with E-state index in [2.05, 4.69) is 4.74 Å². The van der Waals surface area contributed by atoms with Crippen molar-refractivity contribution in [3.05, 3.63) is 34.6 Å². The molecule has 0 aliphatic heterocycles. The number of esters is 1. The standard InChI is InChI=1S/C15H17F2NO3/c1-8-4-5-9(13(14(8)17)10-6-11(10)16)15(20)18(2)7-12(19)21-3/h4-5,10-11H,6-7H2,1-3H3/t10-,11?/m1/s1. The van der Waals surface area contributed by atoms with Crippen LogP contribution in [-0.2, 0) is 9.53 Å². The largest absolute Gasteiger partial charge is 0.468 e. The van der Waals surface area contributed by atoms with Gasteiger partial charge in [-0.15, -0.1) is 0 Å². The van der Waals surface area contributed by atoms with Gasteiger partial charge < -0.3 is 9.64 Å². The minimum Gasteiger partial charge on any atom is -0.468 e. The third-order valence-corrected chi connectivity index (χ3v) is 3.63. The molecule has 21 heavy (non-hydrogen) atoms. The van der Waals surface area contributed by atoms with Crippen LogP contribution < -0.4 is 0 Å². The normalized spacial score (nSPS) is 20.0. The highest BCUT2D eigenvalue weighted by molar-refractivity contribution is 5.97. The zero-order valence-corrected chi connectivity index (χ0v) is 12.2. The second kappa shape index (κ2) is 5.79. The highest BCUT2D eigenvalue weighted by Gasteiger charge is 2.43. The number of alkyl halides is 1.